The fourth-order valence-corrected chi connectivity index (χ4v) is 8.80. The first-order valence-corrected chi connectivity index (χ1v) is 15.2. The van der Waals surface area contributed by atoms with Crippen LogP contribution in [0.15, 0.2) is 29.2 Å². The van der Waals surface area contributed by atoms with Crippen LogP contribution in [0.5, 0.6) is 0 Å². The maximum absolute atomic E-state index is 13.5. The molecule has 0 spiro atoms. The predicted molar refractivity (Wildman–Crippen MR) is 140 cm³/mol. The molecule has 8 atom stereocenters. The minimum atomic E-state index is -4.18. The van der Waals surface area contributed by atoms with Crippen molar-refractivity contribution in [3.8, 4) is 0 Å². The smallest absolute Gasteiger partial charge is 0.333 e. The van der Waals surface area contributed by atoms with Gasteiger partial charge in [0.15, 0.2) is 6.61 Å². The van der Waals surface area contributed by atoms with Crippen LogP contribution < -0.4 is 0 Å². The zero-order chi connectivity index (χ0) is 28.1. The second-order valence-corrected chi connectivity index (χ2v) is 13.9. The Morgan fingerprint density at radius 3 is 2.42 bits per heavy atom. The van der Waals surface area contributed by atoms with Gasteiger partial charge in [-0.3, -0.25) is 8.98 Å². The van der Waals surface area contributed by atoms with E-state index in [1.165, 1.54) is 12.1 Å². The van der Waals surface area contributed by atoms with E-state index >= 15 is 0 Å². The Balaban J connectivity index is 1.67. The standard InChI is InChI=1S/C29H42O8S/c1-6-28(17-30)15-23(37-24(32)16-36-38(34,35)21-9-7-18(2)8-10-21)27(5)19(3)11-13-29(20(4)26(28)33)14-12-22(31)25(27)29/h7-10,19-20,23,25-26,30,33H,6,11-17H2,1-5H3/t19-,20-,23-,25?,26+,27+,28-,29?/m1/s1. The van der Waals surface area contributed by atoms with Gasteiger partial charge in [-0.25, -0.2) is 4.79 Å². The largest absolute Gasteiger partial charge is 0.460 e. The topological polar surface area (TPSA) is 127 Å². The molecule has 8 nitrogen and oxygen atoms in total. The zero-order valence-electron chi connectivity index (χ0n) is 23.1. The molecule has 2 unspecified atom stereocenters. The van der Waals surface area contributed by atoms with Crippen molar-refractivity contribution in [2.75, 3.05) is 13.2 Å². The Morgan fingerprint density at radius 1 is 1.16 bits per heavy atom. The number of hydrogen-bond acceptors (Lipinski definition) is 8. The number of rotatable bonds is 7. The van der Waals surface area contributed by atoms with E-state index in [0.717, 1.165) is 18.4 Å². The third-order valence-electron chi connectivity index (χ3n) is 10.7. The molecule has 38 heavy (non-hydrogen) atoms. The number of carbonyl (C=O) groups excluding carboxylic acids is 2. The van der Waals surface area contributed by atoms with Crippen molar-refractivity contribution in [2.45, 2.75) is 90.2 Å². The second-order valence-electron chi connectivity index (χ2n) is 12.3. The number of aliphatic hydroxyl groups is 2. The van der Waals surface area contributed by atoms with E-state index in [1.807, 2.05) is 27.7 Å². The maximum atomic E-state index is 13.5. The minimum Gasteiger partial charge on any atom is -0.460 e. The Morgan fingerprint density at radius 2 is 1.82 bits per heavy atom. The number of esters is 1. The summed E-state index contributed by atoms with van der Waals surface area (Å²) in [4.78, 5) is 26.6. The summed E-state index contributed by atoms with van der Waals surface area (Å²) in [6.45, 7) is 8.72. The van der Waals surface area contributed by atoms with Crippen LogP contribution >= 0.6 is 0 Å². The highest BCUT2D eigenvalue weighted by Gasteiger charge is 2.68. The molecule has 4 rings (SSSR count). The lowest BCUT2D eigenvalue weighted by atomic mass is 9.43. The molecule has 0 heterocycles. The summed E-state index contributed by atoms with van der Waals surface area (Å²) < 4.78 is 36.4. The van der Waals surface area contributed by atoms with Gasteiger partial charge in [-0.05, 0) is 68.4 Å². The molecule has 9 heteroatoms. The highest BCUT2D eigenvalue weighted by atomic mass is 32.2. The molecule has 1 aromatic rings. The quantitative estimate of drug-likeness (QED) is 0.388. The molecule has 3 saturated carbocycles. The van der Waals surface area contributed by atoms with Gasteiger partial charge in [-0.1, -0.05) is 45.4 Å². The third kappa shape index (κ3) is 4.53. The van der Waals surface area contributed by atoms with Crippen molar-refractivity contribution in [2.24, 2.45) is 34.0 Å². The van der Waals surface area contributed by atoms with Gasteiger partial charge in [0, 0.05) is 23.2 Å². The molecule has 0 aromatic heterocycles. The summed E-state index contributed by atoms with van der Waals surface area (Å²) >= 11 is 0. The van der Waals surface area contributed by atoms with Crippen LogP contribution in [0, 0.1) is 40.9 Å². The average Bonchev–Trinajstić information content (AvgIpc) is 3.25. The lowest BCUT2D eigenvalue weighted by Gasteiger charge is -2.62. The van der Waals surface area contributed by atoms with E-state index in [4.69, 9.17) is 8.92 Å². The molecule has 0 aliphatic heterocycles. The number of carbonyl (C=O) groups is 2. The first-order valence-electron chi connectivity index (χ1n) is 13.7. The van der Waals surface area contributed by atoms with Crippen LogP contribution in [-0.2, 0) is 28.6 Å². The number of aliphatic hydroxyl groups excluding tert-OH is 2. The molecule has 1 aromatic carbocycles. The van der Waals surface area contributed by atoms with Gasteiger partial charge >= 0.3 is 5.97 Å². The number of Topliss-reactive ketones (excluding diaryl/α,β-unsaturated/α-hetero) is 1. The van der Waals surface area contributed by atoms with Crippen LogP contribution in [0.25, 0.3) is 0 Å². The SMILES string of the molecule is CC[C@]1(CO)C[C@@H](OC(=O)COS(=O)(=O)c2ccc(C)cc2)[C@@]2(C)C3C(=O)CCC3(CC[C@H]2C)[C@H](C)[C@@H]1O. The van der Waals surface area contributed by atoms with E-state index in [2.05, 4.69) is 6.92 Å². The van der Waals surface area contributed by atoms with Crippen molar-refractivity contribution >= 4 is 21.9 Å². The summed E-state index contributed by atoms with van der Waals surface area (Å²) in [6.07, 6.45) is 1.63. The molecule has 2 N–H and O–H groups in total. The fourth-order valence-electron chi connectivity index (χ4n) is 7.94. The molecule has 3 aliphatic rings. The van der Waals surface area contributed by atoms with Gasteiger partial charge in [0.05, 0.1) is 17.6 Å². The van der Waals surface area contributed by atoms with Gasteiger partial charge in [0.1, 0.15) is 11.9 Å². The molecular weight excluding hydrogens is 508 g/mol. The van der Waals surface area contributed by atoms with E-state index in [-0.39, 0.29) is 35.5 Å². The lowest BCUT2D eigenvalue weighted by molar-refractivity contribution is -0.219. The monoisotopic (exact) mass is 550 g/mol. The van der Waals surface area contributed by atoms with Crippen molar-refractivity contribution in [3.05, 3.63) is 29.8 Å². The highest BCUT2D eigenvalue weighted by molar-refractivity contribution is 7.86. The fraction of sp³-hybridized carbons (Fsp3) is 0.724. The summed E-state index contributed by atoms with van der Waals surface area (Å²) in [5.41, 5.74) is -1.22. The van der Waals surface area contributed by atoms with Crippen LogP contribution in [0.4, 0.5) is 0 Å². The van der Waals surface area contributed by atoms with Gasteiger partial charge in [-0.15, -0.1) is 0 Å². The Kier molecular flexibility index (Phi) is 7.91. The maximum Gasteiger partial charge on any atom is 0.333 e. The molecule has 0 radical (unpaired) electrons. The minimum absolute atomic E-state index is 0.0355. The average molecular weight is 551 g/mol. The highest BCUT2D eigenvalue weighted by Crippen LogP contribution is 2.68. The van der Waals surface area contributed by atoms with Crippen LogP contribution in [-0.4, -0.2) is 55.8 Å². The first-order chi connectivity index (χ1) is 17.8. The second kappa shape index (κ2) is 10.3. The van der Waals surface area contributed by atoms with E-state index in [0.29, 0.717) is 19.3 Å². The van der Waals surface area contributed by atoms with Crippen LogP contribution in [0.3, 0.4) is 0 Å². The van der Waals surface area contributed by atoms with Gasteiger partial charge in [0.2, 0.25) is 0 Å². The lowest BCUT2D eigenvalue weighted by Crippen LogP contribution is -2.64. The zero-order valence-corrected chi connectivity index (χ0v) is 23.9. The van der Waals surface area contributed by atoms with Gasteiger partial charge in [-0.2, -0.15) is 8.42 Å². The molecule has 0 amide bonds. The van der Waals surface area contributed by atoms with Gasteiger partial charge < -0.3 is 14.9 Å². The number of benzene rings is 1. The Hall–Kier alpha value is -1.81. The van der Waals surface area contributed by atoms with Crippen LogP contribution in [0.2, 0.25) is 0 Å². The summed E-state index contributed by atoms with van der Waals surface area (Å²) in [5.74, 6) is -1.30. The molecule has 0 saturated heterocycles. The molecule has 3 fully saturated rings. The molecule has 3 aliphatic carbocycles. The molecular formula is C29H42O8S. The Labute approximate surface area is 226 Å². The first kappa shape index (κ1) is 29.2. The van der Waals surface area contributed by atoms with E-state index in [1.54, 1.807) is 12.1 Å². The van der Waals surface area contributed by atoms with Crippen molar-refractivity contribution in [3.63, 3.8) is 0 Å². The summed E-state index contributed by atoms with van der Waals surface area (Å²) in [7, 11) is -4.18. The number of aryl methyl sites for hydroxylation is 1. The number of ketones is 1. The summed E-state index contributed by atoms with van der Waals surface area (Å²) in [6, 6.07) is 6.12. The van der Waals surface area contributed by atoms with Crippen LogP contribution in [0.1, 0.15) is 71.8 Å². The van der Waals surface area contributed by atoms with Crippen molar-refractivity contribution in [1.82, 2.24) is 0 Å². The van der Waals surface area contributed by atoms with Crippen molar-refractivity contribution < 1.29 is 37.1 Å². The number of ether oxygens (including phenoxy) is 1. The van der Waals surface area contributed by atoms with E-state index < -0.39 is 57.1 Å². The number of hydrogen-bond donors (Lipinski definition) is 2. The normalized spacial score (nSPS) is 39.2. The van der Waals surface area contributed by atoms with Crippen molar-refractivity contribution in [1.29, 1.82) is 0 Å². The predicted octanol–water partition coefficient (Wildman–Crippen LogP) is 3.80. The Bertz CT molecular complexity index is 1160. The van der Waals surface area contributed by atoms with Gasteiger partial charge in [0.25, 0.3) is 10.1 Å². The third-order valence-corrected chi connectivity index (χ3v) is 12.0. The molecule has 212 valence electrons. The summed E-state index contributed by atoms with van der Waals surface area (Å²) in [5, 5.41) is 22.3. The molecule has 2 bridgehead atoms. The van der Waals surface area contributed by atoms with E-state index in [9.17, 15) is 28.2 Å².